The number of benzene rings is 8. The Labute approximate surface area is 562 Å². The van der Waals surface area contributed by atoms with Crippen LogP contribution in [-0.2, 0) is 18.9 Å². The van der Waals surface area contributed by atoms with Gasteiger partial charge in [0.05, 0.1) is 50.7 Å². The van der Waals surface area contributed by atoms with Gasteiger partial charge in [0.25, 0.3) is 0 Å². The van der Waals surface area contributed by atoms with E-state index in [2.05, 4.69) is 75.4 Å². The van der Waals surface area contributed by atoms with Gasteiger partial charge in [-0.15, -0.1) is 22.7 Å². The number of ether oxygens (including phenoxy) is 8. The first-order valence-corrected chi connectivity index (χ1v) is 29.2. The fourth-order valence-electron chi connectivity index (χ4n) is 9.57. The van der Waals surface area contributed by atoms with Crippen molar-refractivity contribution in [2.24, 2.45) is 0 Å². The quantitative estimate of drug-likeness (QED) is 0.0689. The monoisotopic (exact) mass is 1230 g/mol. The summed E-state index contributed by atoms with van der Waals surface area (Å²) in [6.45, 7) is 19.5. The second-order valence-corrected chi connectivity index (χ2v) is 23.7. The summed E-state index contributed by atoms with van der Waals surface area (Å²) in [6, 6.07) is 62.7. The zero-order chi connectivity index (χ0) is 62.3. The van der Waals surface area contributed by atoms with Gasteiger partial charge in [0, 0.05) is 55.4 Å². The molecule has 8 aromatic rings. The van der Waals surface area contributed by atoms with Gasteiger partial charge in [-0.25, -0.2) is 20.0 Å². The minimum Gasteiger partial charge on any atom is -0.654 e. The molecule has 8 aromatic carbocycles. The van der Waals surface area contributed by atoms with E-state index in [1.807, 2.05) is 194 Å². The summed E-state index contributed by atoms with van der Waals surface area (Å²) < 4.78 is 44.7. The van der Waals surface area contributed by atoms with Gasteiger partial charge >= 0.3 is 69.7 Å². The fraction of sp³-hybridized carbons (Fsp3) is 0.278. The molecule has 0 amide bonds. The largest absolute Gasteiger partial charge is 2.00 e. The first kappa shape index (κ1) is 69.1. The maximum Gasteiger partial charge on any atom is 2.00 e. The Balaban J connectivity index is 0.000000169. The van der Waals surface area contributed by atoms with Crippen LogP contribution >= 0.6 is 0 Å². The molecule has 0 aliphatic carbocycles. The van der Waals surface area contributed by atoms with E-state index in [9.17, 15) is 0 Å². The molecule has 0 spiro atoms. The summed E-state index contributed by atoms with van der Waals surface area (Å²) >= 11 is 0. The van der Waals surface area contributed by atoms with Gasteiger partial charge in [0.2, 0.25) is 0 Å². The van der Waals surface area contributed by atoms with Crippen molar-refractivity contribution in [2.75, 3.05) is 54.9 Å². The number of hydrogen-bond acceptors (Lipinski definition) is 8. The van der Waals surface area contributed by atoms with Crippen molar-refractivity contribution >= 4 is 115 Å². The average molecular weight is 1230 g/mol. The van der Waals surface area contributed by atoms with E-state index in [4.69, 9.17) is 59.2 Å². The molecular formula is C72H80Mg2N8O8+4. The number of methoxy groups -OCH3 is 4. The molecular weight excluding hydrogens is 1150 g/mol. The molecule has 0 aromatic heterocycles. The van der Waals surface area contributed by atoms with Gasteiger partial charge < -0.3 is 59.2 Å². The SMILES string of the molecule is COc1ccccc1[N-]c1ccccc1C1=[NH+]C(C)(C)CO1.COc1ccccc1[N-]c1ccccc1C1=[NH+]C(C)(C)CO1.COc1ccccc1[N-]c1ccccc1C1=[NH+]C(C)(C)CO1.COc1ccccc1[N-]c1ccccc1C1=[NH+]C(C)(C)CO1.[Mg+2].[Mg+2]. The third-order valence-electron chi connectivity index (χ3n) is 14.0. The molecule has 456 valence electrons. The van der Waals surface area contributed by atoms with Crippen LogP contribution in [0.25, 0.3) is 21.3 Å². The molecule has 12 rings (SSSR count). The third-order valence-corrected chi connectivity index (χ3v) is 14.0. The molecule has 90 heavy (non-hydrogen) atoms. The van der Waals surface area contributed by atoms with Gasteiger partial charge in [-0.1, -0.05) is 168 Å². The minimum atomic E-state index is -0.0626. The fourth-order valence-corrected chi connectivity index (χ4v) is 9.57. The Bertz CT molecular complexity index is 3340. The molecule has 4 aliphatic heterocycles. The third kappa shape index (κ3) is 18.4. The van der Waals surface area contributed by atoms with Gasteiger partial charge in [-0.2, -0.15) is 0 Å². The number of nitrogens with one attached hydrogen (secondary N) is 4. The van der Waals surface area contributed by atoms with Crippen LogP contribution in [-0.4, -0.2) is 147 Å². The van der Waals surface area contributed by atoms with Crippen molar-refractivity contribution in [3.63, 3.8) is 0 Å². The molecule has 0 bridgehead atoms. The summed E-state index contributed by atoms with van der Waals surface area (Å²) in [5, 5.41) is 19.0. The van der Waals surface area contributed by atoms with Crippen LogP contribution in [0, 0.1) is 0 Å². The minimum absolute atomic E-state index is 0. The van der Waals surface area contributed by atoms with E-state index >= 15 is 0 Å². The summed E-state index contributed by atoms with van der Waals surface area (Å²) in [5.74, 6) is 6.12. The Morgan fingerprint density at radius 2 is 0.433 bits per heavy atom. The van der Waals surface area contributed by atoms with Crippen LogP contribution in [0.4, 0.5) is 45.5 Å². The van der Waals surface area contributed by atoms with Crippen LogP contribution in [0.3, 0.4) is 0 Å². The van der Waals surface area contributed by atoms with Crippen LogP contribution in [0.2, 0.25) is 0 Å². The maximum atomic E-state index is 5.80. The second kappa shape index (κ2) is 31.3. The Hall–Kier alpha value is -8.43. The number of hydrogen-bond donors (Lipinski definition) is 4. The molecule has 0 unspecified atom stereocenters. The molecule has 0 saturated carbocycles. The van der Waals surface area contributed by atoms with Gasteiger partial charge in [-0.3, -0.25) is 0 Å². The summed E-state index contributed by atoms with van der Waals surface area (Å²) in [5.41, 5.74) is 10.2. The molecule has 4 heterocycles. The Morgan fingerprint density at radius 1 is 0.267 bits per heavy atom. The second-order valence-electron chi connectivity index (χ2n) is 23.7. The van der Waals surface area contributed by atoms with Crippen molar-refractivity contribution < 1.29 is 57.9 Å². The topological polar surface area (TPSA) is 186 Å². The van der Waals surface area contributed by atoms with E-state index in [-0.39, 0.29) is 68.3 Å². The predicted octanol–water partition coefficient (Wildman–Crippen LogP) is 9.91. The number of nitrogens with zero attached hydrogens (tertiary/aromatic N) is 4. The molecule has 0 fully saturated rings. The van der Waals surface area contributed by atoms with Crippen molar-refractivity contribution in [3.8, 4) is 23.0 Å². The molecule has 4 aliphatic rings. The first-order valence-electron chi connectivity index (χ1n) is 29.2. The number of para-hydroxylation sites is 12. The van der Waals surface area contributed by atoms with E-state index in [0.29, 0.717) is 26.4 Å². The predicted molar refractivity (Wildman–Crippen MR) is 360 cm³/mol. The average Bonchev–Trinajstić information content (AvgIpc) is 3.46. The molecule has 0 atom stereocenters. The smallest absolute Gasteiger partial charge is 0.654 e. The standard InChI is InChI=1S/4C18H19N2O2.2Mg/c4*1-18(2)12-22-17(20-18)13-8-4-5-9-14(13)19-15-10-6-7-11-16(15)21-3;;/h4*4-11H,12H2,1-3H3;;/q4*-1;2*+2/p+4. The maximum absolute atomic E-state index is 5.80. The van der Waals surface area contributed by atoms with E-state index in [0.717, 1.165) is 114 Å². The molecule has 4 N–H and O–H groups in total. The van der Waals surface area contributed by atoms with Gasteiger partial charge in [0.1, 0.15) is 23.0 Å². The molecule has 0 radical (unpaired) electrons. The zero-order valence-electron chi connectivity index (χ0n) is 53.8. The summed E-state index contributed by atoms with van der Waals surface area (Å²) in [4.78, 5) is 13.6. The van der Waals surface area contributed by atoms with Crippen molar-refractivity contribution in [1.82, 2.24) is 0 Å². The number of rotatable bonds is 16. The van der Waals surface area contributed by atoms with Crippen LogP contribution in [0.15, 0.2) is 194 Å². The van der Waals surface area contributed by atoms with E-state index in [1.165, 1.54) is 0 Å². The Kier molecular flexibility index (Phi) is 24.1. The molecule has 0 saturated heterocycles. The first-order chi connectivity index (χ1) is 42.4. The van der Waals surface area contributed by atoms with Crippen molar-refractivity contribution in [1.29, 1.82) is 0 Å². The normalized spacial score (nSPS) is 15.5. The zero-order valence-corrected chi connectivity index (χ0v) is 56.6. The summed E-state index contributed by atoms with van der Waals surface area (Å²) in [7, 11) is 6.61. The Morgan fingerprint density at radius 3 is 0.600 bits per heavy atom. The van der Waals surface area contributed by atoms with Crippen LogP contribution in [0.5, 0.6) is 23.0 Å². The van der Waals surface area contributed by atoms with Crippen LogP contribution < -0.4 is 38.9 Å². The van der Waals surface area contributed by atoms with Gasteiger partial charge in [-0.05, 0) is 48.5 Å². The van der Waals surface area contributed by atoms with Crippen LogP contribution in [0.1, 0.15) is 77.6 Å². The van der Waals surface area contributed by atoms with Crippen molar-refractivity contribution in [3.05, 3.63) is 238 Å². The molecule has 18 heteroatoms. The van der Waals surface area contributed by atoms with E-state index in [1.54, 1.807) is 28.4 Å². The summed E-state index contributed by atoms with van der Waals surface area (Å²) in [6.07, 6.45) is 0. The van der Waals surface area contributed by atoms with Gasteiger partial charge in [0.15, 0.2) is 48.6 Å². The van der Waals surface area contributed by atoms with E-state index < -0.39 is 0 Å². The van der Waals surface area contributed by atoms with Crippen molar-refractivity contribution in [2.45, 2.75) is 77.5 Å². The molecule has 16 nitrogen and oxygen atoms in total.